The number of aromatic hydroxyl groups is 1. The predicted molar refractivity (Wildman–Crippen MR) is 214 cm³/mol. The molecule has 0 aliphatic carbocycles. The number of aliphatic hydroxyl groups excluding tert-OH is 1. The van der Waals surface area contributed by atoms with Crippen molar-refractivity contribution in [1.82, 2.24) is 15.2 Å². The van der Waals surface area contributed by atoms with Gasteiger partial charge in [-0.3, -0.25) is 9.69 Å². The fourth-order valence-corrected chi connectivity index (χ4v) is 7.44. The van der Waals surface area contributed by atoms with Gasteiger partial charge < -0.3 is 35.1 Å². The van der Waals surface area contributed by atoms with Gasteiger partial charge in [0.2, 0.25) is 11.2 Å². The predicted octanol–water partition coefficient (Wildman–Crippen LogP) is 6.36. The Kier molecular flexibility index (Phi) is 13.7. The Morgan fingerprint density at radius 2 is 1.73 bits per heavy atom. The summed E-state index contributed by atoms with van der Waals surface area (Å²) in [6, 6.07) is 31.2. The summed E-state index contributed by atoms with van der Waals surface area (Å²) < 4.78 is 12.1. The number of hydrogen-bond donors (Lipinski definition) is 5. The van der Waals surface area contributed by atoms with Gasteiger partial charge in [-0.2, -0.15) is 0 Å². The van der Waals surface area contributed by atoms with E-state index >= 15 is 0 Å². The van der Waals surface area contributed by atoms with Gasteiger partial charge in [-0.05, 0) is 105 Å². The molecule has 2 atom stereocenters. The number of esters is 1. The van der Waals surface area contributed by atoms with Gasteiger partial charge in [0, 0.05) is 35.7 Å². The lowest BCUT2D eigenvalue weighted by Gasteiger charge is -2.33. The van der Waals surface area contributed by atoms with Crippen LogP contribution in [-0.2, 0) is 28.1 Å². The van der Waals surface area contributed by atoms with Gasteiger partial charge >= 0.3 is 5.97 Å². The van der Waals surface area contributed by atoms with Crippen molar-refractivity contribution in [2.24, 2.45) is 5.92 Å². The van der Waals surface area contributed by atoms with Crippen molar-refractivity contribution < 1.29 is 29.6 Å². The van der Waals surface area contributed by atoms with Crippen molar-refractivity contribution in [2.75, 3.05) is 39.4 Å². The number of hydrogen-bond acceptors (Lipinski definition) is 9. The number of nitrogens with zero attached hydrogens (tertiary/aromatic N) is 1. The van der Waals surface area contributed by atoms with E-state index in [0.717, 1.165) is 57.3 Å². The molecule has 10 heteroatoms. The van der Waals surface area contributed by atoms with Crippen LogP contribution in [0.3, 0.4) is 0 Å². The zero-order chi connectivity index (χ0) is 38.6. The van der Waals surface area contributed by atoms with Gasteiger partial charge in [0.25, 0.3) is 0 Å². The van der Waals surface area contributed by atoms with Gasteiger partial charge in [-0.1, -0.05) is 79.7 Å². The molecule has 0 amide bonds. The zero-order valence-corrected chi connectivity index (χ0v) is 31.6. The zero-order valence-electron chi connectivity index (χ0n) is 31.6. The maximum absolute atomic E-state index is 14.0. The topological polar surface area (TPSA) is 144 Å². The molecule has 55 heavy (non-hydrogen) atoms. The monoisotopic (exact) mass is 747 g/mol. The second-order valence-electron chi connectivity index (χ2n) is 14.5. The SMILES string of the molecule is CCc1ccccc1C(O)(C(=O)OCC1CCN(Cc2ccccc2)CC1)c1cccc(OCCCCCNCC(O)c2ccc(O)c3[nH]c(=O)ccc23)c1. The minimum absolute atomic E-state index is 0.0394. The van der Waals surface area contributed by atoms with Crippen molar-refractivity contribution in [3.63, 3.8) is 0 Å². The summed E-state index contributed by atoms with van der Waals surface area (Å²) in [4.78, 5) is 30.8. The number of nitrogens with one attached hydrogen (secondary N) is 2. The molecule has 5 aromatic rings. The minimum atomic E-state index is -2.00. The number of phenolic OH excluding ortho intramolecular Hbond substituents is 1. The number of aromatic nitrogens is 1. The van der Waals surface area contributed by atoms with Crippen LogP contribution in [0, 0.1) is 5.92 Å². The Bertz CT molecular complexity index is 2060. The van der Waals surface area contributed by atoms with Crippen molar-refractivity contribution in [3.8, 4) is 11.5 Å². The molecule has 0 saturated carbocycles. The number of likely N-dealkylation sites (tertiary alicyclic amines) is 1. The maximum atomic E-state index is 14.0. The van der Waals surface area contributed by atoms with E-state index in [2.05, 4.69) is 39.5 Å². The number of benzene rings is 4. The van der Waals surface area contributed by atoms with Crippen LogP contribution < -0.4 is 15.6 Å². The molecule has 2 unspecified atom stereocenters. The first-order chi connectivity index (χ1) is 26.8. The highest BCUT2D eigenvalue weighted by atomic mass is 16.5. The summed E-state index contributed by atoms with van der Waals surface area (Å²) in [5.74, 6) is 0.0715. The number of rotatable bonds is 18. The van der Waals surface area contributed by atoms with Gasteiger partial charge in [0.1, 0.15) is 11.5 Å². The van der Waals surface area contributed by atoms with Crippen LogP contribution in [0.15, 0.2) is 108 Å². The number of unbranched alkanes of at least 4 members (excludes halogenated alkanes) is 2. The van der Waals surface area contributed by atoms with Crippen LogP contribution in [0.25, 0.3) is 10.9 Å². The largest absolute Gasteiger partial charge is 0.506 e. The Labute approximate surface area is 322 Å². The fraction of sp³-hybridized carbons (Fsp3) is 0.378. The molecule has 2 heterocycles. The van der Waals surface area contributed by atoms with Crippen LogP contribution >= 0.6 is 0 Å². The van der Waals surface area contributed by atoms with Crippen LogP contribution in [0.5, 0.6) is 11.5 Å². The third kappa shape index (κ3) is 10.0. The van der Waals surface area contributed by atoms with E-state index in [1.165, 1.54) is 17.7 Å². The molecule has 1 fully saturated rings. The normalized spacial score (nSPS) is 15.4. The van der Waals surface area contributed by atoms with E-state index in [4.69, 9.17) is 9.47 Å². The second kappa shape index (κ2) is 19.0. The van der Waals surface area contributed by atoms with Crippen molar-refractivity contribution in [1.29, 1.82) is 0 Å². The summed E-state index contributed by atoms with van der Waals surface area (Å²) in [5, 5.41) is 37.2. The third-order valence-electron chi connectivity index (χ3n) is 10.6. The van der Waals surface area contributed by atoms with Crippen molar-refractivity contribution in [2.45, 2.75) is 63.7 Å². The number of aryl methyl sites for hydroxylation is 1. The lowest BCUT2D eigenvalue weighted by atomic mass is 9.83. The standard InChI is InChI=1S/C45H53N3O7/c1-2-34-14-7-8-17-39(34)45(53,44(52)55-31-33-22-25-48(26-23-33)30-32-12-5-3-6-13-32)35-15-11-16-36(28-35)54-27-10-4-9-24-46-29-41(50)37-18-20-40(49)43-38(37)19-21-42(51)47-43/h3,5-8,11-21,28,33,41,46,49-50,53H,2,4,9-10,22-27,29-31H2,1H3,(H,47,51). The fourth-order valence-electron chi connectivity index (χ4n) is 7.44. The lowest BCUT2D eigenvalue weighted by Crippen LogP contribution is -2.41. The van der Waals surface area contributed by atoms with E-state index in [0.29, 0.717) is 59.5 Å². The number of carbonyl (C=O) groups is 1. The Morgan fingerprint density at radius 3 is 2.53 bits per heavy atom. The van der Waals surface area contributed by atoms with Gasteiger partial charge in [0.05, 0.1) is 24.8 Å². The van der Waals surface area contributed by atoms with Crippen molar-refractivity contribution >= 4 is 16.9 Å². The summed E-state index contributed by atoms with van der Waals surface area (Å²) in [6.45, 7) is 6.52. The molecule has 0 bridgehead atoms. The highest BCUT2D eigenvalue weighted by Crippen LogP contribution is 2.36. The van der Waals surface area contributed by atoms with Crippen LogP contribution in [0.4, 0.5) is 0 Å². The molecule has 0 radical (unpaired) electrons. The lowest BCUT2D eigenvalue weighted by molar-refractivity contribution is -0.164. The van der Waals surface area contributed by atoms with Crippen LogP contribution in [-0.4, -0.2) is 70.6 Å². The number of phenols is 1. The highest BCUT2D eigenvalue weighted by molar-refractivity contribution is 5.87. The van der Waals surface area contributed by atoms with E-state index in [1.807, 2.05) is 37.3 Å². The molecule has 290 valence electrons. The number of ether oxygens (including phenoxy) is 2. The van der Waals surface area contributed by atoms with E-state index in [9.17, 15) is 24.9 Å². The minimum Gasteiger partial charge on any atom is -0.506 e. The number of pyridine rings is 1. The molecule has 6 rings (SSSR count). The second-order valence-corrected chi connectivity index (χ2v) is 14.5. The molecule has 5 N–H and O–H groups in total. The molecular formula is C45H53N3O7. The van der Waals surface area contributed by atoms with Gasteiger partial charge in [-0.15, -0.1) is 0 Å². The summed E-state index contributed by atoms with van der Waals surface area (Å²) >= 11 is 0. The molecule has 1 aliphatic heterocycles. The first kappa shape index (κ1) is 39.7. The quantitative estimate of drug-likeness (QED) is 0.0511. The molecule has 1 saturated heterocycles. The smallest absolute Gasteiger partial charge is 0.347 e. The van der Waals surface area contributed by atoms with Gasteiger partial charge in [0.15, 0.2) is 0 Å². The number of aliphatic hydroxyl groups is 2. The molecule has 0 spiro atoms. The molecule has 10 nitrogen and oxygen atoms in total. The van der Waals surface area contributed by atoms with Crippen LogP contribution in [0.1, 0.15) is 72.9 Å². The number of piperidine rings is 1. The average Bonchev–Trinajstić information content (AvgIpc) is 3.21. The van der Waals surface area contributed by atoms with E-state index in [1.54, 1.807) is 36.4 Å². The summed E-state index contributed by atoms with van der Waals surface area (Å²) in [7, 11) is 0. The van der Waals surface area contributed by atoms with Crippen molar-refractivity contribution in [3.05, 3.63) is 141 Å². The summed E-state index contributed by atoms with van der Waals surface area (Å²) in [5.41, 5.74) is 1.71. The number of H-pyrrole nitrogens is 1. The Hall–Kier alpha value is -5.00. The highest BCUT2D eigenvalue weighted by Gasteiger charge is 2.43. The molecule has 1 aromatic heterocycles. The molecule has 4 aromatic carbocycles. The van der Waals surface area contributed by atoms with Crippen LogP contribution in [0.2, 0.25) is 0 Å². The molecular weight excluding hydrogens is 695 g/mol. The maximum Gasteiger partial charge on any atom is 0.347 e. The number of fused-ring (bicyclic) bond motifs is 1. The van der Waals surface area contributed by atoms with E-state index < -0.39 is 17.7 Å². The average molecular weight is 748 g/mol. The van der Waals surface area contributed by atoms with Gasteiger partial charge in [-0.25, -0.2) is 4.79 Å². The first-order valence-corrected chi connectivity index (χ1v) is 19.5. The van der Waals surface area contributed by atoms with E-state index in [-0.39, 0.29) is 23.8 Å². The number of carbonyl (C=O) groups excluding carboxylic acids is 1. The Morgan fingerprint density at radius 1 is 0.945 bits per heavy atom. The molecule has 1 aliphatic rings. The Balaban J connectivity index is 0.994. The first-order valence-electron chi connectivity index (χ1n) is 19.5. The summed E-state index contributed by atoms with van der Waals surface area (Å²) in [6.07, 6.45) is 4.22. The third-order valence-corrected chi connectivity index (χ3v) is 10.6. The number of aromatic amines is 1.